The monoisotopic (exact) mass is 489 g/mol. The van der Waals surface area contributed by atoms with Crippen LogP contribution in [0.3, 0.4) is 0 Å². The Morgan fingerprint density at radius 2 is 1.71 bits per heavy atom. The van der Waals surface area contributed by atoms with E-state index in [-0.39, 0.29) is 13.0 Å². The molecule has 0 aromatic heterocycles. The molecule has 34 heavy (non-hydrogen) atoms. The summed E-state index contributed by atoms with van der Waals surface area (Å²) < 4.78 is 34.3. The molecule has 1 fully saturated rings. The molecular formula is C26H35NO6S. The van der Waals surface area contributed by atoms with Crippen molar-refractivity contribution in [2.24, 2.45) is 0 Å². The van der Waals surface area contributed by atoms with E-state index >= 15 is 0 Å². The SMILES string of the molecule is CC(C)(C)OC(=O)N1CCC[C@](O)(C[C@H](COS(C)(=O)=O)c2ccccc2)[C@H]1c1ccccc1. The van der Waals surface area contributed by atoms with Crippen LogP contribution < -0.4 is 0 Å². The molecule has 1 saturated heterocycles. The van der Waals surface area contributed by atoms with Crippen molar-refractivity contribution in [3.8, 4) is 0 Å². The molecule has 0 unspecified atom stereocenters. The van der Waals surface area contributed by atoms with Gasteiger partial charge in [-0.1, -0.05) is 60.7 Å². The maximum atomic E-state index is 13.2. The van der Waals surface area contributed by atoms with Crippen LogP contribution in [0.4, 0.5) is 4.79 Å². The van der Waals surface area contributed by atoms with E-state index in [2.05, 4.69) is 0 Å². The Morgan fingerprint density at radius 3 is 2.26 bits per heavy atom. The zero-order valence-corrected chi connectivity index (χ0v) is 21.1. The summed E-state index contributed by atoms with van der Waals surface area (Å²) in [5.74, 6) is -0.397. The summed E-state index contributed by atoms with van der Waals surface area (Å²) in [5.41, 5.74) is -0.339. The third kappa shape index (κ3) is 7.04. The van der Waals surface area contributed by atoms with Crippen molar-refractivity contribution in [1.29, 1.82) is 0 Å². The Labute approximate surface area is 202 Å². The van der Waals surface area contributed by atoms with Gasteiger partial charge in [-0.05, 0) is 51.2 Å². The lowest BCUT2D eigenvalue weighted by molar-refractivity contribution is -0.0950. The molecule has 7 nitrogen and oxygen atoms in total. The molecule has 0 saturated carbocycles. The lowest BCUT2D eigenvalue weighted by Gasteiger charge is -2.48. The summed E-state index contributed by atoms with van der Waals surface area (Å²) >= 11 is 0. The second-order valence-corrected chi connectivity index (χ2v) is 11.6. The summed E-state index contributed by atoms with van der Waals surface area (Å²) in [6.07, 6.45) is 1.79. The maximum absolute atomic E-state index is 13.2. The highest BCUT2D eigenvalue weighted by Crippen LogP contribution is 2.45. The number of hydrogen-bond acceptors (Lipinski definition) is 6. The topological polar surface area (TPSA) is 93.1 Å². The van der Waals surface area contributed by atoms with Gasteiger partial charge in [0.2, 0.25) is 0 Å². The Kier molecular flexibility index (Phi) is 8.06. The van der Waals surface area contributed by atoms with Crippen molar-refractivity contribution in [1.82, 2.24) is 4.90 Å². The average molecular weight is 490 g/mol. The molecule has 1 aliphatic heterocycles. The van der Waals surface area contributed by atoms with Gasteiger partial charge in [0.15, 0.2) is 0 Å². The molecule has 0 bridgehead atoms. The van der Waals surface area contributed by atoms with Crippen LogP contribution in [0.1, 0.15) is 63.1 Å². The van der Waals surface area contributed by atoms with Crippen LogP contribution in [0.25, 0.3) is 0 Å². The molecule has 3 rings (SSSR count). The van der Waals surface area contributed by atoms with Crippen molar-refractivity contribution >= 4 is 16.2 Å². The molecule has 186 valence electrons. The molecule has 1 amide bonds. The molecule has 0 aliphatic carbocycles. The van der Waals surface area contributed by atoms with Crippen LogP contribution >= 0.6 is 0 Å². The summed E-state index contributed by atoms with van der Waals surface area (Å²) in [7, 11) is -3.66. The number of hydrogen-bond donors (Lipinski definition) is 1. The number of piperidine rings is 1. The smallest absolute Gasteiger partial charge is 0.410 e. The molecule has 0 radical (unpaired) electrons. The zero-order valence-electron chi connectivity index (χ0n) is 20.3. The lowest BCUT2D eigenvalue weighted by atomic mass is 9.74. The van der Waals surface area contributed by atoms with Crippen molar-refractivity contribution < 1.29 is 27.2 Å². The highest BCUT2D eigenvalue weighted by atomic mass is 32.2. The number of aliphatic hydroxyl groups is 1. The average Bonchev–Trinajstić information content (AvgIpc) is 2.76. The van der Waals surface area contributed by atoms with Crippen molar-refractivity contribution in [3.63, 3.8) is 0 Å². The van der Waals surface area contributed by atoms with Crippen molar-refractivity contribution in [3.05, 3.63) is 71.8 Å². The molecule has 2 aromatic rings. The van der Waals surface area contributed by atoms with E-state index in [1.807, 2.05) is 81.4 Å². The number of likely N-dealkylation sites (tertiary alicyclic amines) is 1. The van der Waals surface area contributed by atoms with Gasteiger partial charge >= 0.3 is 6.09 Å². The number of benzene rings is 2. The minimum absolute atomic E-state index is 0.0981. The fourth-order valence-electron chi connectivity index (χ4n) is 4.60. The van der Waals surface area contributed by atoms with Gasteiger partial charge in [-0.15, -0.1) is 0 Å². The molecule has 3 atom stereocenters. The van der Waals surface area contributed by atoms with Gasteiger partial charge < -0.3 is 9.84 Å². The predicted octanol–water partition coefficient (Wildman–Crippen LogP) is 4.64. The van der Waals surface area contributed by atoms with Gasteiger partial charge in [0.05, 0.1) is 24.5 Å². The van der Waals surface area contributed by atoms with Crippen molar-refractivity contribution in [2.75, 3.05) is 19.4 Å². The van der Waals surface area contributed by atoms with Crippen LogP contribution in [0.2, 0.25) is 0 Å². The van der Waals surface area contributed by atoms with Crippen LogP contribution in [0.15, 0.2) is 60.7 Å². The fourth-order valence-corrected chi connectivity index (χ4v) is 5.01. The highest BCUT2D eigenvalue weighted by molar-refractivity contribution is 7.85. The first-order valence-electron chi connectivity index (χ1n) is 11.5. The van der Waals surface area contributed by atoms with Gasteiger partial charge in [-0.2, -0.15) is 8.42 Å². The van der Waals surface area contributed by atoms with E-state index in [0.717, 1.165) is 17.4 Å². The minimum Gasteiger partial charge on any atom is -0.444 e. The van der Waals surface area contributed by atoms with Gasteiger partial charge in [-0.25, -0.2) is 4.79 Å². The molecule has 1 aliphatic rings. The summed E-state index contributed by atoms with van der Waals surface area (Å²) in [6, 6.07) is 18.2. The molecule has 0 spiro atoms. The number of rotatable bonds is 7. The third-order valence-corrected chi connectivity index (χ3v) is 6.49. The number of ether oxygens (including phenoxy) is 1. The Morgan fingerprint density at radius 1 is 1.12 bits per heavy atom. The molecular weight excluding hydrogens is 454 g/mol. The van der Waals surface area contributed by atoms with Gasteiger partial charge in [0, 0.05) is 12.5 Å². The number of nitrogens with zero attached hydrogens (tertiary/aromatic N) is 1. The van der Waals surface area contributed by atoms with Gasteiger partial charge in [-0.3, -0.25) is 9.08 Å². The number of carbonyl (C=O) groups is 1. The van der Waals surface area contributed by atoms with E-state index in [1.165, 1.54) is 0 Å². The molecule has 1 heterocycles. The number of amides is 1. The summed E-state index contributed by atoms with van der Waals surface area (Å²) in [4.78, 5) is 14.8. The number of carbonyl (C=O) groups excluding carboxylic acids is 1. The van der Waals surface area contributed by atoms with E-state index in [1.54, 1.807) is 4.90 Å². The standard InChI is InChI=1S/C26H35NO6S/c1-25(2,3)33-24(28)27-17-11-16-26(29,23(27)21-14-9-6-10-15-21)18-22(19-32-34(4,30)31)20-12-7-5-8-13-20/h5-10,12-15,22-23,29H,11,16-19H2,1-4H3/t22-,23-,26+/m1/s1. The summed E-state index contributed by atoms with van der Waals surface area (Å²) in [6.45, 7) is 5.79. The maximum Gasteiger partial charge on any atom is 0.410 e. The zero-order chi connectivity index (χ0) is 25.0. The van der Waals surface area contributed by atoms with Crippen LogP contribution in [0.5, 0.6) is 0 Å². The second-order valence-electron chi connectivity index (χ2n) is 9.99. The first kappa shape index (κ1) is 26.2. The fraction of sp³-hybridized carbons (Fsp3) is 0.500. The van der Waals surface area contributed by atoms with Crippen LogP contribution in [0, 0.1) is 0 Å². The molecule has 8 heteroatoms. The first-order chi connectivity index (χ1) is 15.9. The van der Waals surface area contributed by atoms with E-state index in [9.17, 15) is 18.3 Å². The van der Waals surface area contributed by atoms with Gasteiger partial charge in [0.1, 0.15) is 5.60 Å². The molecule has 2 aromatic carbocycles. The Hall–Kier alpha value is -2.42. The normalized spacial score (nSPS) is 22.3. The lowest BCUT2D eigenvalue weighted by Crippen LogP contribution is -2.54. The van der Waals surface area contributed by atoms with Gasteiger partial charge in [0.25, 0.3) is 10.1 Å². The Bertz CT molecular complexity index is 1050. The third-order valence-electron chi connectivity index (χ3n) is 5.93. The van der Waals surface area contributed by atoms with Crippen LogP contribution in [-0.4, -0.2) is 55.1 Å². The molecule has 1 N–H and O–H groups in total. The summed E-state index contributed by atoms with van der Waals surface area (Å²) in [5, 5.41) is 12.1. The van der Waals surface area contributed by atoms with Crippen LogP contribution in [-0.2, 0) is 19.0 Å². The predicted molar refractivity (Wildman–Crippen MR) is 131 cm³/mol. The quantitative estimate of drug-likeness (QED) is 0.570. The first-order valence-corrected chi connectivity index (χ1v) is 13.4. The second kappa shape index (κ2) is 10.5. The highest BCUT2D eigenvalue weighted by Gasteiger charge is 2.48. The minimum atomic E-state index is -3.66. The van der Waals surface area contributed by atoms with Crippen molar-refractivity contribution in [2.45, 2.75) is 63.2 Å². The van der Waals surface area contributed by atoms with E-state index in [0.29, 0.717) is 19.4 Å². The van der Waals surface area contributed by atoms with E-state index < -0.39 is 39.4 Å². The Balaban J connectivity index is 2.00. The van der Waals surface area contributed by atoms with E-state index in [4.69, 9.17) is 8.92 Å². The largest absolute Gasteiger partial charge is 0.444 e.